The Balaban J connectivity index is 3.60. The molecule has 0 aromatic carbocycles. The summed E-state index contributed by atoms with van der Waals surface area (Å²) in [7, 11) is 0. The van der Waals surface area contributed by atoms with Crippen LogP contribution in [0.25, 0.3) is 0 Å². The average molecular weight is 326 g/mol. The molecule has 0 amide bonds. The summed E-state index contributed by atoms with van der Waals surface area (Å²) in [5.74, 6) is -0.193. The van der Waals surface area contributed by atoms with Crippen molar-refractivity contribution in [1.82, 2.24) is 0 Å². The molecule has 0 saturated heterocycles. The Morgan fingerprint density at radius 1 is 1.53 bits per heavy atom. The summed E-state index contributed by atoms with van der Waals surface area (Å²) in [6.07, 6.45) is 2.59. The van der Waals surface area contributed by atoms with E-state index in [1.165, 1.54) is 0 Å². The van der Waals surface area contributed by atoms with Crippen molar-refractivity contribution in [3.8, 4) is 0 Å². The van der Waals surface area contributed by atoms with E-state index in [9.17, 15) is 9.90 Å². The van der Waals surface area contributed by atoms with Crippen LogP contribution in [-0.4, -0.2) is 23.8 Å². The summed E-state index contributed by atoms with van der Waals surface area (Å²) in [4.78, 5) is 11.3. The Morgan fingerprint density at radius 3 is 2.60 bits per heavy atom. The predicted octanol–water partition coefficient (Wildman–Crippen LogP) is 2.67. The Hall–Kier alpha value is -0.100. The average Bonchev–Trinajstić information content (AvgIpc) is 2.11. The lowest BCUT2D eigenvalue weighted by atomic mass is 9.97. The van der Waals surface area contributed by atoms with Gasteiger partial charge in [-0.1, -0.05) is 28.7 Å². The van der Waals surface area contributed by atoms with Gasteiger partial charge in [0.05, 0.1) is 18.1 Å². The predicted molar refractivity (Wildman–Crippen MR) is 68.8 cm³/mol. The van der Waals surface area contributed by atoms with E-state index in [-0.39, 0.29) is 5.97 Å². The molecule has 0 spiro atoms. The zero-order chi connectivity index (χ0) is 11.9. The fourth-order valence-electron chi connectivity index (χ4n) is 0.854. The second-order valence-electron chi connectivity index (χ2n) is 4.41. The van der Waals surface area contributed by atoms with Gasteiger partial charge in [-0.3, -0.25) is 4.79 Å². The van der Waals surface area contributed by atoms with Crippen LogP contribution >= 0.6 is 22.6 Å². The largest absolute Gasteiger partial charge is 0.465 e. The normalized spacial score (nSPS) is 14.2. The van der Waals surface area contributed by atoms with E-state index >= 15 is 0 Å². The molecule has 1 atom stereocenters. The molecule has 0 aromatic rings. The lowest BCUT2D eigenvalue weighted by molar-refractivity contribution is -0.153. The number of hydrogen-bond donors (Lipinski definition) is 1. The van der Waals surface area contributed by atoms with Gasteiger partial charge in [0.1, 0.15) is 0 Å². The topological polar surface area (TPSA) is 46.5 Å². The number of carbonyl (C=O) groups is 1. The van der Waals surface area contributed by atoms with E-state index in [0.29, 0.717) is 19.4 Å². The van der Waals surface area contributed by atoms with Gasteiger partial charge in [0, 0.05) is 0 Å². The van der Waals surface area contributed by atoms with Gasteiger partial charge in [-0.2, -0.15) is 0 Å². The van der Waals surface area contributed by atoms with Crippen LogP contribution < -0.4 is 0 Å². The van der Waals surface area contributed by atoms with Gasteiger partial charge in [-0.05, 0) is 37.7 Å². The number of esters is 1. The molecule has 4 heteroatoms. The Bertz CT molecular complexity index is 218. The molecule has 0 aliphatic carbocycles. The highest BCUT2D eigenvalue weighted by molar-refractivity contribution is 14.1. The summed E-state index contributed by atoms with van der Waals surface area (Å²) in [6.45, 7) is 5.84. The van der Waals surface area contributed by atoms with Crippen molar-refractivity contribution in [2.75, 3.05) is 6.61 Å². The summed E-state index contributed by atoms with van der Waals surface area (Å²) < 4.78 is 6.84. The SMILES string of the molecule is CC(C)(C)C(=O)OCCC[C@H](O)/C=C/I. The molecular weight excluding hydrogens is 307 g/mol. The van der Waals surface area contributed by atoms with E-state index < -0.39 is 11.5 Å². The molecule has 0 heterocycles. The second-order valence-corrected chi connectivity index (χ2v) is 5.13. The molecule has 0 fully saturated rings. The van der Waals surface area contributed by atoms with Gasteiger partial charge < -0.3 is 9.84 Å². The van der Waals surface area contributed by atoms with E-state index in [2.05, 4.69) is 22.6 Å². The summed E-state index contributed by atoms with van der Waals surface area (Å²) in [5.41, 5.74) is -0.444. The van der Waals surface area contributed by atoms with Gasteiger partial charge in [0.2, 0.25) is 0 Å². The molecule has 0 aliphatic heterocycles. The van der Waals surface area contributed by atoms with Crippen LogP contribution in [0.1, 0.15) is 33.6 Å². The Labute approximate surface area is 105 Å². The Kier molecular flexibility index (Phi) is 7.17. The van der Waals surface area contributed by atoms with Crippen LogP contribution in [-0.2, 0) is 9.53 Å². The molecule has 0 aromatic heterocycles. The van der Waals surface area contributed by atoms with Crippen molar-refractivity contribution in [3.63, 3.8) is 0 Å². The fourth-order valence-corrected chi connectivity index (χ4v) is 1.33. The maximum Gasteiger partial charge on any atom is 0.311 e. The quantitative estimate of drug-likeness (QED) is 0.480. The van der Waals surface area contributed by atoms with E-state index in [1.807, 2.05) is 20.8 Å². The molecule has 0 radical (unpaired) electrons. The van der Waals surface area contributed by atoms with Gasteiger partial charge in [-0.15, -0.1) is 0 Å². The molecule has 0 rings (SSSR count). The molecule has 0 unspecified atom stereocenters. The maximum atomic E-state index is 11.3. The van der Waals surface area contributed by atoms with Crippen LogP contribution in [0.5, 0.6) is 0 Å². The highest BCUT2D eigenvalue weighted by Crippen LogP contribution is 2.15. The van der Waals surface area contributed by atoms with Crippen LogP contribution in [0.15, 0.2) is 10.2 Å². The minimum Gasteiger partial charge on any atom is -0.465 e. The van der Waals surface area contributed by atoms with Crippen molar-refractivity contribution in [3.05, 3.63) is 10.2 Å². The molecule has 0 bridgehead atoms. The summed E-state index contributed by atoms with van der Waals surface area (Å²) in [5, 5.41) is 9.34. The first-order chi connectivity index (χ1) is 6.88. The number of halogens is 1. The molecule has 0 saturated carbocycles. The zero-order valence-electron chi connectivity index (χ0n) is 9.50. The standard InChI is InChI=1S/C11H19IO3/c1-11(2,3)10(14)15-8-4-5-9(13)6-7-12/h6-7,9,13H,4-5,8H2,1-3H3/b7-6+/t9-/m0/s1. The van der Waals surface area contributed by atoms with Gasteiger partial charge >= 0.3 is 5.97 Å². The van der Waals surface area contributed by atoms with Crippen molar-refractivity contribution >= 4 is 28.6 Å². The molecule has 3 nitrogen and oxygen atoms in total. The monoisotopic (exact) mass is 326 g/mol. The fraction of sp³-hybridized carbons (Fsp3) is 0.727. The number of carbonyl (C=O) groups excluding carboxylic acids is 1. The minimum atomic E-state index is -0.444. The second kappa shape index (κ2) is 7.22. The highest BCUT2D eigenvalue weighted by Gasteiger charge is 2.22. The third-order valence-electron chi connectivity index (χ3n) is 1.78. The number of rotatable bonds is 5. The van der Waals surface area contributed by atoms with E-state index in [1.54, 1.807) is 10.2 Å². The first-order valence-corrected chi connectivity index (χ1v) is 6.24. The molecule has 1 N–H and O–H groups in total. The lowest BCUT2D eigenvalue weighted by Gasteiger charge is -2.16. The highest BCUT2D eigenvalue weighted by atomic mass is 127. The van der Waals surface area contributed by atoms with Crippen molar-refractivity contribution in [2.45, 2.75) is 39.7 Å². The van der Waals surface area contributed by atoms with Crippen molar-refractivity contribution in [2.24, 2.45) is 5.41 Å². The zero-order valence-corrected chi connectivity index (χ0v) is 11.7. The van der Waals surface area contributed by atoms with Gasteiger partial charge in [0.25, 0.3) is 0 Å². The minimum absolute atomic E-state index is 0.193. The summed E-state index contributed by atoms with van der Waals surface area (Å²) >= 11 is 2.06. The van der Waals surface area contributed by atoms with Crippen LogP contribution in [0.4, 0.5) is 0 Å². The maximum absolute atomic E-state index is 11.3. The molecule has 0 aliphatic rings. The van der Waals surface area contributed by atoms with Crippen molar-refractivity contribution in [1.29, 1.82) is 0 Å². The number of ether oxygens (including phenoxy) is 1. The van der Waals surface area contributed by atoms with Crippen molar-refractivity contribution < 1.29 is 14.6 Å². The number of aliphatic hydroxyl groups excluding tert-OH is 1. The van der Waals surface area contributed by atoms with Gasteiger partial charge in [-0.25, -0.2) is 0 Å². The third kappa shape index (κ3) is 7.79. The summed E-state index contributed by atoms with van der Waals surface area (Å²) in [6, 6.07) is 0. The Morgan fingerprint density at radius 2 is 2.13 bits per heavy atom. The first-order valence-electron chi connectivity index (χ1n) is 5.00. The third-order valence-corrected chi connectivity index (χ3v) is 2.20. The molecule has 88 valence electrons. The van der Waals surface area contributed by atoms with E-state index in [4.69, 9.17) is 4.74 Å². The van der Waals surface area contributed by atoms with E-state index in [0.717, 1.165) is 0 Å². The number of hydrogen-bond acceptors (Lipinski definition) is 3. The number of aliphatic hydroxyl groups is 1. The molecular formula is C11H19IO3. The van der Waals surface area contributed by atoms with Crippen LogP contribution in [0, 0.1) is 5.41 Å². The van der Waals surface area contributed by atoms with Crippen LogP contribution in [0.3, 0.4) is 0 Å². The van der Waals surface area contributed by atoms with Crippen LogP contribution in [0.2, 0.25) is 0 Å². The smallest absolute Gasteiger partial charge is 0.311 e. The first kappa shape index (κ1) is 14.9. The lowest BCUT2D eigenvalue weighted by Crippen LogP contribution is -2.23. The van der Waals surface area contributed by atoms with Gasteiger partial charge in [0.15, 0.2) is 0 Å². The molecule has 15 heavy (non-hydrogen) atoms.